The second-order valence-corrected chi connectivity index (χ2v) is 8.70. The zero-order valence-electron chi connectivity index (χ0n) is 17.8. The molecule has 2 aliphatic heterocycles. The van der Waals surface area contributed by atoms with Gasteiger partial charge in [-0.2, -0.15) is 0 Å². The van der Waals surface area contributed by atoms with Crippen LogP contribution in [0.4, 0.5) is 17.3 Å². The minimum atomic E-state index is -0.822. The predicted molar refractivity (Wildman–Crippen MR) is 115 cm³/mol. The molecule has 2 aromatic heterocycles. The van der Waals surface area contributed by atoms with Gasteiger partial charge in [0.15, 0.2) is 11.6 Å². The second-order valence-electron chi connectivity index (χ2n) is 8.70. The Morgan fingerprint density at radius 2 is 2.03 bits per heavy atom. The highest BCUT2D eigenvalue weighted by molar-refractivity contribution is 6.12. The fourth-order valence-electron chi connectivity index (χ4n) is 4.21. The molecule has 3 aliphatic rings. The minimum Gasteiger partial charge on any atom is -0.388 e. The van der Waals surface area contributed by atoms with Gasteiger partial charge in [0.2, 0.25) is 5.91 Å². The topological polar surface area (TPSA) is 113 Å². The number of nitrogens with zero attached hydrogens (tertiary/aromatic N) is 5. The SMILES string of the molecule is CC1(C)C(=O)N(c2cnc(C3=CCOCC3)nc2)c2nc(CO)nc(NC3CCC3)c21. The Morgan fingerprint density at radius 3 is 2.65 bits per heavy atom. The molecule has 4 heterocycles. The van der Waals surface area contributed by atoms with Crippen molar-refractivity contribution in [3.05, 3.63) is 35.7 Å². The van der Waals surface area contributed by atoms with Crippen molar-refractivity contribution in [1.29, 1.82) is 0 Å². The Kier molecular flexibility index (Phi) is 4.94. The average molecular weight is 422 g/mol. The summed E-state index contributed by atoms with van der Waals surface area (Å²) in [5, 5.41) is 13.2. The van der Waals surface area contributed by atoms with Gasteiger partial charge in [0.25, 0.3) is 0 Å². The number of rotatable bonds is 5. The predicted octanol–water partition coefficient (Wildman–Crippen LogP) is 2.48. The molecule has 9 heteroatoms. The van der Waals surface area contributed by atoms with Gasteiger partial charge in [0.05, 0.1) is 42.3 Å². The lowest BCUT2D eigenvalue weighted by atomic mass is 9.86. The van der Waals surface area contributed by atoms with Crippen molar-refractivity contribution < 1.29 is 14.6 Å². The van der Waals surface area contributed by atoms with E-state index < -0.39 is 5.41 Å². The normalized spacial score (nSPS) is 20.3. The van der Waals surface area contributed by atoms with Gasteiger partial charge in [-0.05, 0) is 45.1 Å². The van der Waals surface area contributed by atoms with E-state index >= 15 is 0 Å². The van der Waals surface area contributed by atoms with E-state index in [0.717, 1.165) is 30.4 Å². The first kappa shape index (κ1) is 20.0. The number of ether oxygens (including phenoxy) is 1. The summed E-state index contributed by atoms with van der Waals surface area (Å²) < 4.78 is 5.35. The molecule has 2 N–H and O–H groups in total. The molecular formula is C22H26N6O3. The van der Waals surface area contributed by atoms with Gasteiger partial charge in [-0.1, -0.05) is 6.08 Å². The van der Waals surface area contributed by atoms with Crippen molar-refractivity contribution in [2.75, 3.05) is 23.4 Å². The average Bonchev–Trinajstić information content (AvgIpc) is 2.97. The van der Waals surface area contributed by atoms with Gasteiger partial charge in [-0.25, -0.2) is 19.9 Å². The quantitative estimate of drug-likeness (QED) is 0.756. The maximum Gasteiger partial charge on any atom is 0.243 e. The first-order valence-corrected chi connectivity index (χ1v) is 10.7. The van der Waals surface area contributed by atoms with Crippen LogP contribution in [0.3, 0.4) is 0 Å². The molecule has 0 bridgehead atoms. The number of hydrogen-bond donors (Lipinski definition) is 2. The van der Waals surface area contributed by atoms with Crippen molar-refractivity contribution in [1.82, 2.24) is 19.9 Å². The highest BCUT2D eigenvalue weighted by Gasteiger charge is 2.49. The number of aliphatic hydroxyl groups is 1. The molecule has 1 amide bonds. The van der Waals surface area contributed by atoms with Crippen LogP contribution in [0.25, 0.3) is 5.57 Å². The van der Waals surface area contributed by atoms with Gasteiger partial charge in [-0.15, -0.1) is 0 Å². The highest BCUT2D eigenvalue weighted by Crippen LogP contribution is 2.47. The zero-order chi connectivity index (χ0) is 21.6. The third-order valence-corrected chi connectivity index (χ3v) is 6.25. The van der Waals surface area contributed by atoms with Gasteiger partial charge in [0.1, 0.15) is 18.2 Å². The van der Waals surface area contributed by atoms with E-state index in [1.165, 1.54) is 6.42 Å². The summed E-state index contributed by atoms with van der Waals surface area (Å²) in [4.78, 5) is 33.1. The molecule has 2 aromatic rings. The van der Waals surface area contributed by atoms with Crippen LogP contribution in [0.15, 0.2) is 18.5 Å². The summed E-state index contributed by atoms with van der Waals surface area (Å²) in [5.74, 6) is 1.91. The molecule has 1 saturated carbocycles. The largest absolute Gasteiger partial charge is 0.388 e. The van der Waals surface area contributed by atoms with E-state index in [0.29, 0.717) is 42.4 Å². The monoisotopic (exact) mass is 422 g/mol. The van der Waals surface area contributed by atoms with Gasteiger partial charge >= 0.3 is 0 Å². The van der Waals surface area contributed by atoms with Crippen LogP contribution in [0, 0.1) is 0 Å². The van der Waals surface area contributed by atoms with Crippen LogP contribution in [0.5, 0.6) is 0 Å². The smallest absolute Gasteiger partial charge is 0.243 e. The molecule has 0 spiro atoms. The van der Waals surface area contributed by atoms with Crippen LogP contribution < -0.4 is 10.2 Å². The number of hydrogen-bond acceptors (Lipinski definition) is 8. The Hall–Kier alpha value is -2.91. The molecule has 0 aromatic carbocycles. The van der Waals surface area contributed by atoms with Crippen molar-refractivity contribution >= 4 is 28.8 Å². The fraction of sp³-hybridized carbons (Fsp3) is 0.500. The summed E-state index contributed by atoms with van der Waals surface area (Å²) in [6.45, 7) is 4.67. The zero-order valence-corrected chi connectivity index (χ0v) is 17.8. The third kappa shape index (κ3) is 3.37. The number of anilines is 3. The first-order chi connectivity index (χ1) is 15.0. The van der Waals surface area contributed by atoms with E-state index in [4.69, 9.17) is 4.74 Å². The molecule has 0 atom stereocenters. The number of carbonyl (C=O) groups is 1. The lowest BCUT2D eigenvalue weighted by Gasteiger charge is -2.29. The Morgan fingerprint density at radius 1 is 1.26 bits per heavy atom. The van der Waals surface area contributed by atoms with Crippen molar-refractivity contribution in [2.24, 2.45) is 0 Å². The molecule has 1 aliphatic carbocycles. The second kappa shape index (κ2) is 7.65. The number of nitrogens with one attached hydrogen (secondary N) is 1. The number of aromatic nitrogens is 4. The molecule has 0 saturated heterocycles. The van der Waals surface area contributed by atoms with Crippen LogP contribution >= 0.6 is 0 Å². The molecule has 162 valence electrons. The highest BCUT2D eigenvalue weighted by atomic mass is 16.5. The first-order valence-electron chi connectivity index (χ1n) is 10.7. The maximum absolute atomic E-state index is 13.5. The summed E-state index contributed by atoms with van der Waals surface area (Å²) in [6.07, 6.45) is 9.38. The Balaban J connectivity index is 1.56. The summed E-state index contributed by atoms with van der Waals surface area (Å²) in [7, 11) is 0. The van der Waals surface area contributed by atoms with Crippen molar-refractivity contribution in [2.45, 2.75) is 57.6 Å². The maximum atomic E-state index is 13.5. The standard InChI is InChI=1S/C22H26N6O3/c1-22(2)17-19(25-14-4-3-5-14)26-16(12-29)27-20(17)28(21(22)30)15-10-23-18(24-11-15)13-6-8-31-9-7-13/h6,10-11,14,29H,3-5,7-9,12H2,1-2H3,(H,25,26,27). The fourth-order valence-corrected chi connectivity index (χ4v) is 4.21. The van der Waals surface area contributed by atoms with Gasteiger partial charge < -0.3 is 15.2 Å². The van der Waals surface area contributed by atoms with Gasteiger partial charge in [0, 0.05) is 6.04 Å². The Bertz CT molecular complexity index is 1050. The number of fused-ring (bicyclic) bond motifs is 1. The lowest BCUT2D eigenvalue weighted by Crippen LogP contribution is -2.34. The molecule has 31 heavy (non-hydrogen) atoms. The molecule has 0 unspecified atom stereocenters. The van der Waals surface area contributed by atoms with Gasteiger partial charge in [-0.3, -0.25) is 9.69 Å². The lowest BCUT2D eigenvalue weighted by molar-refractivity contribution is -0.121. The van der Waals surface area contributed by atoms with E-state index in [2.05, 4.69) is 25.3 Å². The van der Waals surface area contributed by atoms with Crippen LogP contribution in [0.2, 0.25) is 0 Å². The number of carbonyl (C=O) groups excluding carboxylic acids is 1. The van der Waals surface area contributed by atoms with E-state index in [-0.39, 0.29) is 18.3 Å². The van der Waals surface area contributed by atoms with Crippen molar-refractivity contribution in [3.63, 3.8) is 0 Å². The van der Waals surface area contributed by atoms with Crippen molar-refractivity contribution in [3.8, 4) is 0 Å². The number of amides is 1. The van der Waals surface area contributed by atoms with E-state index in [1.807, 2.05) is 19.9 Å². The molecule has 9 nitrogen and oxygen atoms in total. The summed E-state index contributed by atoms with van der Waals surface area (Å²) >= 11 is 0. The third-order valence-electron chi connectivity index (χ3n) is 6.25. The summed E-state index contributed by atoms with van der Waals surface area (Å²) in [6, 6.07) is 0.334. The van der Waals surface area contributed by atoms with Crippen LogP contribution in [-0.4, -0.2) is 50.2 Å². The number of aliphatic hydroxyl groups excluding tert-OH is 1. The molecular weight excluding hydrogens is 396 g/mol. The van der Waals surface area contributed by atoms with Crippen LogP contribution in [-0.2, 0) is 21.6 Å². The summed E-state index contributed by atoms with van der Waals surface area (Å²) in [5.41, 5.74) is 1.52. The van der Waals surface area contributed by atoms with E-state index in [9.17, 15) is 9.90 Å². The minimum absolute atomic E-state index is 0.120. The molecule has 1 fully saturated rings. The molecule has 0 radical (unpaired) electrons. The molecule has 5 rings (SSSR count). The van der Waals surface area contributed by atoms with Crippen LogP contribution in [0.1, 0.15) is 56.7 Å². The Labute approximate surface area is 180 Å². The van der Waals surface area contributed by atoms with E-state index in [1.54, 1.807) is 17.3 Å².